The number of hydrogen-bond acceptors (Lipinski definition) is 3. The molecule has 2 fully saturated rings. The summed E-state index contributed by atoms with van der Waals surface area (Å²) in [6.07, 6.45) is 5.90. The second-order valence-electron chi connectivity index (χ2n) is 5.94. The summed E-state index contributed by atoms with van der Waals surface area (Å²) in [6.45, 7) is 6.00. The van der Waals surface area contributed by atoms with Gasteiger partial charge in [-0.05, 0) is 50.0 Å². The van der Waals surface area contributed by atoms with Gasteiger partial charge in [0.05, 0.1) is 6.61 Å². The number of ether oxygens (including phenoxy) is 1. The van der Waals surface area contributed by atoms with Crippen molar-refractivity contribution < 1.29 is 9.53 Å². The lowest BCUT2D eigenvalue weighted by Gasteiger charge is -2.17. The normalized spacial score (nSPS) is 31.8. The third-order valence-electron chi connectivity index (χ3n) is 4.17. The highest BCUT2D eigenvalue weighted by molar-refractivity contribution is 5.76. The Morgan fingerprint density at radius 2 is 2.24 bits per heavy atom. The molecule has 1 saturated carbocycles. The lowest BCUT2D eigenvalue weighted by molar-refractivity contribution is -0.147. The Labute approximate surface area is 104 Å². The van der Waals surface area contributed by atoms with E-state index in [1.54, 1.807) is 0 Å². The first-order valence-electron chi connectivity index (χ1n) is 7.08. The Morgan fingerprint density at radius 3 is 3.00 bits per heavy atom. The van der Waals surface area contributed by atoms with Gasteiger partial charge in [-0.3, -0.25) is 4.79 Å². The third-order valence-corrected chi connectivity index (χ3v) is 4.17. The predicted octanol–water partition coefficient (Wildman–Crippen LogP) is 2.35. The van der Waals surface area contributed by atoms with E-state index in [1.165, 1.54) is 19.3 Å². The van der Waals surface area contributed by atoms with Crippen molar-refractivity contribution >= 4 is 5.97 Å². The van der Waals surface area contributed by atoms with Gasteiger partial charge in [-0.25, -0.2) is 0 Å². The summed E-state index contributed by atoms with van der Waals surface area (Å²) in [5, 5.41) is 3.33. The Balaban J connectivity index is 1.69. The molecule has 0 amide bonds. The number of carbonyl (C=O) groups is 1. The zero-order valence-electron chi connectivity index (χ0n) is 11.1. The second-order valence-corrected chi connectivity index (χ2v) is 5.94. The average molecular weight is 239 g/mol. The summed E-state index contributed by atoms with van der Waals surface area (Å²) >= 11 is 0. The summed E-state index contributed by atoms with van der Waals surface area (Å²) in [5.41, 5.74) is 0. The fraction of sp³-hybridized carbons (Fsp3) is 0.929. The molecule has 2 rings (SSSR count). The molecule has 3 atom stereocenters. The second kappa shape index (κ2) is 5.85. The maximum atomic E-state index is 11.9. The van der Waals surface area contributed by atoms with E-state index in [-0.39, 0.29) is 12.0 Å². The lowest BCUT2D eigenvalue weighted by Crippen LogP contribution is -2.37. The molecule has 0 aromatic carbocycles. The highest BCUT2D eigenvalue weighted by Crippen LogP contribution is 2.37. The summed E-state index contributed by atoms with van der Waals surface area (Å²) < 4.78 is 5.38. The van der Waals surface area contributed by atoms with Crippen LogP contribution in [0.5, 0.6) is 0 Å². The van der Waals surface area contributed by atoms with Crippen LogP contribution in [0.4, 0.5) is 0 Å². The number of carbonyl (C=O) groups excluding carboxylic acids is 1. The average Bonchev–Trinajstić information content (AvgIpc) is 2.85. The molecule has 0 bridgehead atoms. The molecule has 2 aliphatic rings. The lowest BCUT2D eigenvalue weighted by atomic mass is 9.94. The smallest absolute Gasteiger partial charge is 0.323 e. The molecular formula is C14H25NO2. The minimum Gasteiger partial charge on any atom is -0.465 e. The Kier molecular flexibility index (Phi) is 4.43. The van der Waals surface area contributed by atoms with Crippen molar-refractivity contribution in [3.63, 3.8) is 0 Å². The van der Waals surface area contributed by atoms with Crippen LogP contribution < -0.4 is 5.32 Å². The molecule has 1 saturated heterocycles. The number of nitrogens with one attached hydrogen (secondary N) is 1. The zero-order valence-corrected chi connectivity index (χ0v) is 11.1. The quantitative estimate of drug-likeness (QED) is 0.591. The molecule has 1 N–H and O–H groups in total. The molecule has 1 heterocycles. The van der Waals surface area contributed by atoms with Crippen LogP contribution in [0.25, 0.3) is 0 Å². The summed E-state index contributed by atoms with van der Waals surface area (Å²) in [7, 11) is 0. The molecule has 3 heteroatoms. The monoisotopic (exact) mass is 239 g/mol. The van der Waals surface area contributed by atoms with E-state index in [0.29, 0.717) is 18.4 Å². The molecular weight excluding hydrogens is 214 g/mol. The molecule has 0 radical (unpaired) electrons. The van der Waals surface area contributed by atoms with Crippen LogP contribution in [0.1, 0.15) is 46.0 Å². The van der Waals surface area contributed by atoms with E-state index in [4.69, 9.17) is 4.74 Å². The maximum Gasteiger partial charge on any atom is 0.323 e. The van der Waals surface area contributed by atoms with Gasteiger partial charge in [-0.1, -0.05) is 20.3 Å². The summed E-state index contributed by atoms with van der Waals surface area (Å²) in [4.78, 5) is 11.9. The zero-order chi connectivity index (χ0) is 12.3. The fourth-order valence-electron chi connectivity index (χ4n) is 3.20. The first kappa shape index (κ1) is 12.9. The van der Waals surface area contributed by atoms with Gasteiger partial charge in [0.1, 0.15) is 6.04 Å². The van der Waals surface area contributed by atoms with Gasteiger partial charge in [-0.2, -0.15) is 0 Å². The Hall–Kier alpha value is -0.570. The topological polar surface area (TPSA) is 38.3 Å². The maximum absolute atomic E-state index is 11.9. The molecule has 0 aromatic heterocycles. The largest absolute Gasteiger partial charge is 0.465 e. The molecule has 3 nitrogen and oxygen atoms in total. The number of esters is 1. The van der Waals surface area contributed by atoms with Crippen molar-refractivity contribution in [3.05, 3.63) is 0 Å². The Morgan fingerprint density at radius 1 is 1.41 bits per heavy atom. The van der Waals surface area contributed by atoms with Crippen molar-refractivity contribution in [1.29, 1.82) is 0 Å². The van der Waals surface area contributed by atoms with E-state index in [2.05, 4.69) is 19.2 Å². The van der Waals surface area contributed by atoms with E-state index in [0.717, 1.165) is 25.3 Å². The Bertz CT molecular complexity index is 265. The van der Waals surface area contributed by atoms with Crippen LogP contribution in [-0.4, -0.2) is 25.2 Å². The minimum absolute atomic E-state index is 0.0110. The highest BCUT2D eigenvalue weighted by atomic mass is 16.5. The van der Waals surface area contributed by atoms with Gasteiger partial charge < -0.3 is 10.1 Å². The van der Waals surface area contributed by atoms with Crippen LogP contribution in [0, 0.1) is 17.8 Å². The van der Waals surface area contributed by atoms with Gasteiger partial charge >= 0.3 is 5.97 Å². The number of fused-ring (bicyclic) bond motifs is 1. The molecule has 0 spiro atoms. The molecule has 0 aromatic rings. The fourth-order valence-corrected chi connectivity index (χ4v) is 3.20. The van der Waals surface area contributed by atoms with Gasteiger partial charge in [-0.15, -0.1) is 0 Å². The number of hydrogen-bond donors (Lipinski definition) is 1. The summed E-state index contributed by atoms with van der Waals surface area (Å²) in [6, 6.07) is -0.0125. The molecule has 3 unspecified atom stereocenters. The van der Waals surface area contributed by atoms with Gasteiger partial charge in [0.15, 0.2) is 0 Å². The first-order valence-corrected chi connectivity index (χ1v) is 7.08. The minimum atomic E-state index is -0.0125. The van der Waals surface area contributed by atoms with Crippen LogP contribution in [-0.2, 0) is 9.53 Å². The third kappa shape index (κ3) is 3.21. The van der Waals surface area contributed by atoms with Gasteiger partial charge in [0.25, 0.3) is 0 Å². The highest BCUT2D eigenvalue weighted by Gasteiger charge is 2.43. The molecule has 1 aliphatic carbocycles. The SMILES string of the molecule is CC(C)CCCOC(=O)C1NCC2CCCC21. The van der Waals surface area contributed by atoms with Gasteiger partial charge in [0.2, 0.25) is 0 Å². The van der Waals surface area contributed by atoms with Crippen LogP contribution in [0.3, 0.4) is 0 Å². The molecule has 98 valence electrons. The van der Waals surface area contributed by atoms with E-state index < -0.39 is 0 Å². The van der Waals surface area contributed by atoms with E-state index >= 15 is 0 Å². The first-order chi connectivity index (χ1) is 8.18. The van der Waals surface area contributed by atoms with E-state index in [1.807, 2.05) is 0 Å². The van der Waals surface area contributed by atoms with Gasteiger partial charge in [0, 0.05) is 0 Å². The number of rotatable bonds is 5. The standard InChI is InChI=1S/C14H25NO2/c1-10(2)5-4-8-17-14(16)13-12-7-3-6-11(12)9-15-13/h10-13,15H,3-9H2,1-2H3. The molecule has 1 aliphatic heterocycles. The van der Waals surface area contributed by atoms with Crippen molar-refractivity contribution in [2.45, 2.75) is 52.0 Å². The van der Waals surface area contributed by atoms with E-state index in [9.17, 15) is 4.79 Å². The van der Waals surface area contributed by atoms with Crippen LogP contribution in [0.2, 0.25) is 0 Å². The van der Waals surface area contributed by atoms with Crippen molar-refractivity contribution in [2.75, 3.05) is 13.2 Å². The van der Waals surface area contributed by atoms with Crippen molar-refractivity contribution in [2.24, 2.45) is 17.8 Å². The predicted molar refractivity (Wildman–Crippen MR) is 67.7 cm³/mol. The van der Waals surface area contributed by atoms with Crippen molar-refractivity contribution in [3.8, 4) is 0 Å². The van der Waals surface area contributed by atoms with Crippen LogP contribution >= 0.6 is 0 Å². The molecule has 17 heavy (non-hydrogen) atoms. The summed E-state index contributed by atoms with van der Waals surface area (Å²) in [5.74, 6) is 1.96. The van der Waals surface area contributed by atoms with Crippen molar-refractivity contribution in [1.82, 2.24) is 5.32 Å². The van der Waals surface area contributed by atoms with Crippen LogP contribution in [0.15, 0.2) is 0 Å².